The summed E-state index contributed by atoms with van der Waals surface area (Å²) < 4.78 is 12.3. The van der Waals surface area contributed by atoms with Gasteiger partial charge in [0, 0.05) is 30.2 Å². The largest absolute Gasteiger partial charge is 0.489 e. The molecule has 3 rings (SSSR count). The van der Waals surface area contributed by atoms with Gasteiger partial charge >= 0.3 is 0 Å². The maximum absolute atomic E-state index is 12.0. The van der Waals surface area contributed by atoms with E-state index in [1.54, 1.807) is 0 Å². The van der Waals surface area contributed by atoms with Gasteiger partial charge in [0.15, 0.2) is 0 Å². The molecule has 6 heteroatoms. The molecule has 2 aliphatic heterocycles. The van der Waals surface area contributed by atoms with Crippen LogP contribution in [0.25, 0.3) is 0 Å². The van der Waals surface area contributed by atoms with Crippen molar-refractivity contribution in [2.75, 3.05) is 25.1 Å². The lowest BCUT2D eigenvalue weighted by molar-refractivity contribution is -0.117. The summed E-state index contributed by atoms with van der Waals surface area (Å²) in [6.07, 6.45) is 1.97. The fourth-order valence-electron chi connectivity index (χ4n) is 2.73. The quantitative estimate of drug-likeness (QED) is 0.872. The highest BCUT2D eigenvalue weighted by Crippen LogP contribution is 2.39. The third kappa shape index (κ3) is 3.07. The Bertz CT molecular complexity index is 544. The van der Waals surface area contributed by atoms with E-state index in [0.717, 1.165) is 54.1 Å². The lowest BCUT2D eigenvalue weighted by atomic mass is 10.1. The molecule has 2 N–H and O–H groups in total. The van der Waals surface area contributed by atoms with E-state index < -0.39 is 0 Å². The molecule has 1 atom stereocenters. The van der Waals surface area contributed by atoms with Crippen molar-refractivity contribution in [1.29, 1.82) is 0 Å². The lowest BCUT2D eigenvalue weighted by Gasteiger charge is -2.24. The van der Waals surface area contributed by atoms with Crippen LogP contribution in [0.5, 0.6) is 5.75 Å². The van der Waals surface area contributed by atoms with Crippen molar-refractivity contribution < 1.29 is 14.3 Å². The third-order valence-electron chi connectivity index (χ3n) is 3.81. The van der Waals surface area contributed by atoms with Crippen LogP contribution in [0.4, 0.5) is 5.69 Å². The second-order valence-corrected chi connectivity index (χ2v) is 6.13. The number of nitrogens with one attached hydrogen (secondary N) is 2. The predicted octanol–water partition coefficient (Wildman–Crippen LogP) is 2.61. The first-order valence-corrected chi connectivity index (χ1v) is 8.10. The molecule has 0 spiro atoms. The summed E-state index contributed by atoms with van der Waals surface area (Å²) in [5, 5.41) is 6.10. The van der Waals surface area contributed by atoms with Gasteiger partial charge < -0.3 is 20.1 Å². The Labute approximate surface area is 132 Å². The summed E-state index contributed by atoms with van der Waals surface area (Å²) in [7, 11) is 0. The number of carbonyl (C=O) groups excluding carboxylic acids is 1. The van der Waals surface area contributed by atoms with E-state index in [1.165, 1.54) is 0 Å². The first kappa shape index (κ1) is 14.8. The molecule has 1 fully saturated rings. The van der Waals surface area contributed by atoms with Crippen molar-refractivity contribution in [2.24, 2.45) is 0 Å². The van der Waals surface area contributed by atoms with Gasteiger partial charge in [-0.15, -0.1) is 0 Å². The standard InChI is InChI=1S/C15H19BrN2O3/c1-2-17-14-10-7-11(16)13(8-12(10)18-15(14)19)21-9-3-5-20-6-4-9/h7-9,14,17H,2-6H2,1H3,(H,18,19). The van der Waals surface area contributed by atoms with Gasteiger partial charge in [0.1, 0.15) is 17.9 Å². The topological polar surface area (TPSA) is 59.6 Å². The Morgan fingerprint density at radius 3 is 2.90 bits per heavy atom. The van der Waals surface area contributed by atoms with E-state index in [1.807, 2.05) is 19.1 Å². The maximum atomic E-state index is 12.0. The number of amides is 1. The number of benzene rings is 1. The summed E-state index contributed by atoms with van der Waals surface area (Å²) in [6, 6.07) is 3.60. The number of fused-ring (bicyclic) bond motifs is 1. The second-order valence-electron chi connectivity index (χ2n) is 5.28. The molecule has 114 valence electrons. The number of hydrogen-bond acceptors (Lipinski definition) is 4. The minimum Gasteiger partial charge on any atom is -0.489 e. The van der Waals surface area contributed by atoms with E-state index in [4.69, 9.17) is 9.47 Å². The Morgan fingerprint density at radius 1 is 1.43 bits per heavy atom. The SMILES string of the molecule is CCNC1C(=O)Nc2cc(OC3CCOCC3)c(Br)cc21. The first-order chi connectivity index (χ1) is 10.2. The molecule has 0 radical (unpaired) electrons. The molecule has 2 heterocycles. The van der Waals surface area contributed by atoms with Gasteiger partial charge in [0.05, 0.1) is 17.7 Å². The van der Waals surface area contributed by atoms with Crippen LogP contribution in [0.15, 0.2) is 16.6 Å². The van der Waals surface area contributed by atoms with E-state index >= 15 is 0 Å². The Kier molecular flexibility index (Phi) is 4.47. The average molecular weight is 355 g/mol. The van der Waals surface area contributed by atoms with Crippen molar-refractivity contribution in [3.63, 3.8) is 0 Å². The maximum Gasteiger partial charge on any atom is 0.246 e. The van der Waals surface area contributed by atoms with E-state index in [2.05, 4.69) is 26.6 Å². The smallest absolute Gasteiger partial charge is 0.246 e. The van der Waals surface area contributed by atoms with Crippen LogP contribution in [0.1, 0.15) is 31.4 Å². The second kappa shape index (κ2) is 6.34. The monoisotopic (exact) mass is 354 g/mol. The zero-order valence-corrected chi connectivity index (χ0v) is 13.5. The van der Waals surface area contributed by atoms with Crippen LogP contribution in [0.2, 0.25) is 0 Å². The summed E-state index contributed by atoms with van der Waals surface area (Å²) in [5.74, 6) is 0.764. The number of likely N-dealkylation sites (N-methyl/N-ethyl adjacent to an activating group) is 1. The first-order valence-electron chi connectivity index (χ1n) is 7.31. The zero-order chi connectivity index (χ0) is 14.8. The van der Waals surface area contributed by atoms with Crippen molar-refractivity contribution in [1.82, 2.24) is 5.32 Å². The predicted molar refractivity (Wildman–Crippen MR) is 83.7 cm³/mol. The van der Waals surface area contributed by atoms with Crippen LogP contribution in [-0.4, -0.2) is 31.8 Å². The summed E-state index contributed by atoms with van der Waals surface area (Å²) in [4.78, 5) is 12.0. The van der Waals surface area contributed by atoms with E-state index in [-0.39, 0.29) is 18.1 Å². The van der Waals surface area contributed by atoms with Gasteiger partial charge in [0.25, 0.3) is 0 Å². The molecule has 2 aliphatic rings. The van der Waals surface area contributed by atoms with E-state index in [0.29, 0.717) is 0 Å². The molecule has 5 nitrogen and oxygen atoms in total. The molecule has 1 amide bonds. The third-order valence-corrected chi connectivity index (χ3v) is 4.43. The molecule has 0 bridgehead atoms. The molecule has 1 saturated heterocycles. The minimum atomic E-state index is -0.279. The van der Waals surface area contributed by atoms with Crippen molar-refractivity contribution in [3.05, 3.63) is 22.2 Å². The highest BCUT2D eigenvalue weighted by molar-refractivity contribution is 9.10. The normalized spacial score (nSPS) is 22.0. The Hall–Kier alpha value is -1.11. The van der Waals surface area contributed by atoms with Gasteiger partial charge in [-0.25, -0.2) is 0 Å². The number of anilines is 1. The van der Waals surface area contributed by atoms with Crippen molar-refractivity contribution in [3.8, 4) is 5.75 Å². The molecule has 0 aromatic heterocycles. The summed E-state index contributed by atoms with van der Waals surface area (Å²) >= 11 is 3.55. The molecule has 1 aromatic rings. The van der Waals surface area contributed by atoms with Crippen LogP contribution in [0.3, 0.4) is 0 Å². The highest BCUT2D eigenvalue weighted by Gasteiger charge is 2.31. The number of hydrogen-bond donors (Lipinski definition) is 2. The molecular formula is C15H19BrN2O3. The molecular weight excluding hydrogens is 336 g/mol. The van der Waals surface area contributed by atoms with Gasteiger partial charge in [-0.2, -0.15) is 0 Å². The van der Waals surface area contributed by atoms with Gasteiger partial charge in [-0.05, 0) is 28.5 Å². The van der Waals surface area contributed by atoms with Crippen molar-refractivity contribution in [2.45, 2.75) is 31.9 Å². The summed E-state index contributed by atoms with van der Waals surface area (Å²) in [6.45, 7) is 4.22. The van der Waals surface area contributed by atoms with Crippen LogP contribution in [-0.2, 0) is 9.53 Å². The average Bonchev–Trinajstić information content (AvgIpc) is 2.77. The minimum absolute atomic E-state index is 0.0121. The Morgan fingerprint density at radius 2 is 2.19 bits per heavy atom. The molecule has 21 heavy (non-hydrogen) atoms. The van der Waals surface area contributed by atoms with Crippen molar-refractivity contribution >= 4 is 27.5 Å². The number of halogens is 1. The lowest BCUT2D eigenvalue weighted by Crippen LogP contribution is -2.27. The number of carbonyl (C=O) groups is 1. The highest BCUT2D eigenvalue weighted by atomic mass is 79.9. The fraction of sp³-hybridized carbons (Fsp3) is 0.533. The summed E-state index contributed by atoms with van der Waals surface area (Å²) in [5.41, 5.74) is 1.80. The number of ether oxygens (including phenoxy) is 2. The van der Waals surface area contributed by atoms with Crippen LogP contribution < -0.4 is 15.4 Å². The molecule has 0 saturated carbocycles. The van der Waals surface area contributed by atoms with E-state index in [9.17, 15) is 4.79 Å². The van der Waals surface area contributed by atoms with Gasteiger partial charge in [-0.1, -0.05) is 6.92 Å². The fourth-order valence-corrected chi connectivity index (χ4v) is 3.19. The van der Waals surface area contributed by atoms with Gasteiger partial charge in [-0.3, -0.25) is 4.79 Å². The van der Waals surface area contributed by atoms with Gasteiger partial charge in [0.2, 0.25) is 5.91 Å². The van der Waals surface area contributed by atoms with Crippen LogP contribution >= 0.6 is 15.9 Å². The molecule has 1 aromatic carbocycles. The zero-order valence-electron chi connectivity index (χ0n) is 11.9. The number of rotatable bonds is 4. The van der Waals surface area contributed by atoms with Crippen LogP contribution in [0, 0.1) is 0 Å². The molecule has 0 aliphatic carbocycles. The Balaban J connectivity index is 1.81. The molecule has 1 unspecified atom stereocenters.